The summed E-state index contributed by atoms with van der Waals surface area (Å²) in [5, 5.41) is 14.8. The van der Waals surface area contributed by atoms with Crippen LogP contribution in [0.4, 0.5) is 0 Å². The Balaban J connectivity index is 1.99. The molecule has 0 amide bonds. The predicted molar refractivity (Wildman–Crippen MR) is 120 cm³/mol. The van der Waals surface area contributed by atoms with E-state index in [1.807, 2.05) is 35.0 Å². The molecule has 3 rings (SSSR count). The van der Waals surface area contributed by atoms with Crippen LogP contribution in [-0.4, -0.2) is 9.78 Å². The second kappa shape index (κ2) is 9.84. The van der Waals surface area contributed by atoms with E-state index in [0.717, 1.165) is 48.5 Å². The Morgan fingerprint density at radius 1 is 1.20 bits per heavy atom. The summed E-state index contributed by atoms with van der Waals surface area (Å²) < 4.78 is 7.85. The lowest BCUT2D eigenvalue weighted by molar-refractivity contribution is 0.346. The Hall–Kier alpha value is -2.74. The quantitative estimate of drug-likeness (QED) is 0.567. The average Bonchev–Trinajstić information content (AvgIpc) is 3.06. The minimum Gasteiger partial charge on any atom is -0.422 e. The molecule has 160 valence electrons. The van der Waals surface area contributed by atoms with Gasteiger partial charge in [-0.1, -0.05) is 71.6 Å². The van der Waals surface area contributed by atoms with Gasteiger partial charge in [-0.15, -0.1) is 0 Å². The molecular weight excluding hydrogens is 372 g/mol. The number of allylic oxidation sites excluding steroid dienone is 1. The molecule has 0 bridgehead atoms. The normalized spacial score (nSPS) is 16.9. The number of hydrogen-bond acceptors (Lipinski definition) is 4. The van der Waals surface area contributed by atoms with Crippen LogP contribution in [-0.2, 0) is 6.42 Å². The Morgan fingerprint density at radius 2 is 1.93 bits per heavy atom. The van der Waals surface area contributed by atoms with Crippen LogP contribution in [0.25, 0.3) is 5.69 Å². The van der Waals surface area contributed by atoms with Gasteiger partial charge in [0.15, 0.2) is 0 Å². The topological polar surface area (TPSA) is 76.9 Å². The molecular formula is C25H34N4O. The number of aromatic nitrogens is 2. The number of nitriles is 1. The Morgan fingerprint density at radius 3 is 2.57 bits per heavy atom. The SMILES string of the molecule is CCCc1nn(-c2ccccc2)c2c1C(CC(C)CCCC(C)C)C(C#N)=C(N)O2. The molecule has 0 saturated heterocycles. The first kappa shape index (κ1) is 22.0. The Labute approximate surface area is 180 Å². The van der Waals surface area contributed by atoms with Crippen molar-refractivity contribution in [3.8, 4) is 17.6 Å². The summed E-state index contributed by atoms with van der Waals surface area (Å²) in [6.07, 6.45) is 6.31. The maximum Gasteiger partial charge on any atom is 0.228 e. The molecule has 1 aromatic carbocycles. The molecule has 2 N–H and O–H groups in total. The average molecular weight is 407 g/mol. The minimum atomic E-state index is -0.0631. The molecule has 5 nitrogen and oxygen atoms in total. The van der Waals surface area contributed by atoms with Gasteiger partial charge in [0, 0.05) is 11.5 Å². The highest BCUT2D eigenvalue weighted by Crippen LogP contribution is 2.45. The van der Waals surface area contributed by atoms with Crippen molar-refractivity contribution in [2.75, 3.05) is 0 Å². The number of ether oxygens (including phenoxy) is 1. The summed E-state index contributed by atoms with van der Waals surface area (Å²) in [4.78, 5) is 0. The van der Waals surface area contributed by atoms with Gasteiger partial charge in [-0.25, -0.2) is 4.68 Å². The molecule has 1 aliphatic heterocycles. The van der Waals surface area contributed by atoms with Crippen molar-refractivity contribution in [3.63, 3.8) is 0 Å². The van der Waals surface area contributed by atoms with Crippen molar-refractivity contribution in [2.45, 2.75) is 72.1 Å². The fraction of sp³-hybridized carbons (Fsp3) is 0.520. The van der Waals surface area contributed by atoms with E-state index in [9.17, 15) is 5.26 Å². The number of nitrogens with two attached hydrogens (primary N) is 1. The number of nitrogens with zero attached hydrogens (tertiary/aromatic N) is 3. The van der Waals surface area contributed by atoms with E-state index >= 15 is 0 Å². The second-order valence-corrected chi connectivity index (χ2v) is 8.87. The van der Waals surface area contributed by atoms with E-state index in [2.05, 4.69) is 33.8 Å². The van der Waals surface area contributed by atoms with Crippen molar-refractivity contribution in [2.24, 2.45) is 17.6 Å². The lowest BCUT2D eigenvalue weighted by atomic mass is 9.81. The molecule has 0 saturated carbocycles. The summed E-state index contributed by atoms with van der Waals surface area (Å²) in [7, 11) is 0. The molecule has 1 aliphatic rings. The highest BCUT2D eigenvalue weighted by atomic mass is 16.5. The van der Waals surface area contributed by atoms with E-state index in [1.54, 1.807) is 0 Å². The first-order chi connectivity index (χ1) is 14.5. The highest BCUT2D eigenvalue weighted by molar-refractivity contribution is 5.52. The summed E-state index contributed by atoms with van der Waals surface area (Å²) in [6.45, 7) is 8.96. The zero-order valence-corrected chi connectivity index (χ0v) is 18.7. The summed E-state index contributed by atoms with van der Waals surface area (Å²) in [5.41, 5.74) is 9.77. The maximum atomic E-state index is 9.87. The van der Waals surface area contributed by atoms with Gasteiger partial charge in [-0.3, -0.25) is 0 Å². The number of hydrogen-bond donors (Lipinski definition) is 1. The van der Waals surface area contributed by atoms with Crippen LogP contribution in [0.1, 0.15) is 77.0 Å². The van der Waals surface area contributed by atoms with E-state index < -0.39 is 0 Å². The van der Waals surface area contributed by atoms with Crippen LogP contribution in [0.5, 0.6) is 5.88 Å². The molecule has 0 fully saturated rings. The lowest BCUT2D eigenvalue weighted by Crippen LogP contribution is -2.23. The number of para-hydroxylation sites is 1. The molecule has 5 heteroatoms. The van der Waals surface area contributed by atoms with Crippen LogP contribution in [0.15, 0.2) is 41.8 Å². The van der Waals surface area contributed by atoms with Gasteiger partial charge in [-0.05, 0) is 36.8 Å². The third-order valence-electron chi connectivity index (χ3n) is 5.85. The molecule has 2 unspecified atom stereocenters. The molecule has 0 radical (unpaired) electrons. The fourth-order valence-corrected chi connectivity index (χ4v) is 4.31. The molecule has 2 atom stereocenters. The van der Waals surface area contributed by atoms with Crippen LogP contribution >= 0.6 is 0 Å². The molecule has 2 aromatic rings. The van der Waals surface area contributed by atoms with Gasteiger partial charge in [0.25, 0.3) is 0 Å². The summed E-state index contributed by atoms with van der Waals surface area (Å²) in [6, 6.07) is 12.3. The fourth-order valence-electron chi connectivity index (χ4n) is 4.31. The second-order valence-electron chi connectivity index (χ2n) is 8.87. The Bertz CT molecular complexity index is 921. The van der Waals surface area contributed by atoms with Crippen molar-refractivity contribution < 1.29 is 4.74 Å². The molecule has 2 heterocycles. The Kier molecular flexibility index (Phi) is 7.20. The summed E-state index contributed by atoms with van der Waals surface area (Å²) >= 11 is 0. The van der Waals surface area contributed by atoms with E-state index in [0.29, 0.717) is 17.4 Å². The third kappa shape index (κ3) is 4.70. The van der Waals surface area contributed by atoms with Gasteiger partial charge in [0.2, 0.25) is 11.8 Å². The number of rotatable bonds is 9. The largest absolute Gasteiger partial charge is 0.422 e. The minimum absolute atomic E-state index is 0.0631. The van der Waals surface area contributed by atoms with Gasteiger partial charge in [-0.2, -0.15) is 10.4 Å². The smallest absolute Gasteiger partial charge is 0.228 e. The van der Waals surface area contributed by atoms with Crippen LogP contribution in [0.3, 0.4) is 0 Å². The van der Waals surface area contributed by atoms with E-state index in [-0.39, 0.29) is 11.8 Å². The van der Waals surface area contributed by atoms with Crippen molar-refractivity contribution in [3.05, 3.63) is 53.0 Å². The first-order valence-corrected chi connectivity index (χ1v) is 11.2. The van der Waals surface area contributed by atoms with E-state index in [4.69, 9.17) is 15.6 Å². The zero-order valence-electron chi connectivity index (χ0n) is 18.7. The number of aryl methyl sites for hydroxylation is 1. The number of benzene rings is 1. The van der Waals surface area contributed by atoms with Crippen molar-refractivity contribution >= 4 is 0 Å². The van der Waals surface area contributed by atoms with Crippen LogP contribution in [0, 0.1) is 23.2 Å². The molecule has 30 heavy (non-hydrogen) atoms. The van der Waals surface area contributed by atoms with Crippen molar-refractivity contribution in [1.29, 1.82) is 5.26 Å². The van der Waals surface area contributed by atoms with Crippen molar-refractivity contribution in [1.82, 2.24) is 9.78 Å². The van der Waals surface area contributed by atoms with Crippen LogP contribution < -0.4 is 10.5 Å². The lowest BCUT2D eigenvalue weighted by Gasteiger charge is -2.27. The summed E-state index contributed by atoms with van der Waals surface area (Å²) in [5.74, 6) is 2.03. The van der Waals surface area contributed by atoms with Gasteiger partial charge in [0.05, 0.1) is 17.0 Å². The van der Waals surface area contributed by atoms with E-state index in [1.165, 1.54) is 12.8 Å². The highest BCUT2D eigenvalue weighted by Gasteiger charge is 2.36. The monoisotopic (exact) mass is 406 g/mol. The molecule has 0 aliphatic carbocycles. The standard InChI is InChI=1S/C25H34N4O/c1-5-10-22-23-20(15-18(4)12-9-11-17(2)3)21(16-26)24(27)30-25(23)29(28-22)19-13-7-6-8-14-19/h6-8,13-14,17-18,20H,5,9-12,15,27H2,1-4H3. The zero-order chi connectivity index (χ0) is 21.7. The van der Waals surface area contributed by atoms with Crippen LogP contribution in [0.2, 0.25) is 0 Å². The number of fused-ring (bicyclic) bond motifs is 1. The van der Waals surface area contributed by atoms with Gasteiger partial charge >= 0.3 is 0 Å². The molecule has 0 spiro atoms. The van der Waals surface area contributed by atoms with Gasteiger partial charge < -0.3 is 10.5 Å². The third-order valence-corrected chi connectivity index (χ3v) is 5.85. The maximum absolute atomic E-state index is 9.87. The molecule has 1 aromatic heterocycles. The van der Waals surface area contributed by atoms with Gasteiger partial charge in [0.1, 0.15) is 6.07 Å². The predicted octanol–water partition coefficient (Wildman–Crippen LogP) is 5.85. The first-order valence-electron chi connectivity index (χ1n) is 11.2.